The summed E-state index contributed by atoms with van der Waals surface area (Å²) < 4.78 is 25.0. The van der Waals surface area contributed by atoms with E-state index in [1.807, 2.05) is 0 Å². The molecular formula is C6H6BrNO4S2. The van der Waals surface area contributed by atoms with E-state index in [4.69, 9.17) is 5.11 Å². The smallest absolute Gasteiger partial charge is 0.345 e. The van der Waals surface area contributed by atoms with Crippen molar-refractivity contribution in [3.05, 3.63) is 14.7 Å². The lowest BCUT2D eigenvalue weighted by atomic mass is 10.5. The molecule has 8 heteroatoms. The summed E-state index contributed by atoms with van der Waals surface area (Å²) in [4.78, 5) is 10.5. The number of hydrogen-bond donors (Lipinski definition) is 2. The van der Waals surface area contributed by atoms with E-state index in [1.165, 1.54) is 7.05 Å². The largest absolute Gasteiger partial charge is 0.477 e. The van der Waals surface area contributed by atoms with Crippen molar-refractivity contribution in [1.82, 2.24) is 4.72 Å². The number of aromatic carboxylic acids is 1. The number of carboxylic acids is 1. The molecule has 14 heavy (non-hydrogen) atoms. The number of carbonyl (C=O) groups is 1. The lowest BCUT2D eigenvalue weighted by molar-refractivity contribution is 0.0702. The minimum absolute atomic E-state index is 0.0225. The van der Waals surface area contributed by atoms with Crippen LogP contribution in [0.25, 0.3) is 0 Å². The number of rotatable bonds is 3. The van der Waals surface area contributed by atoms with Crippen LogP contribution >= 0.6 is 27.3 Å². The number of halogens is 1. The van der Waals surface area contributed by atoms with Crippen LogP contribution in [0.15, 0.2) is 14.7 Å². The Bertz CT molecular complexity index is 464. The molecule has 0 atom stereocenters. The lowest BCUT2D eigenvalue weighted by Crippen LogP contribution is -2.18. The highest BCUT2D eigenvalue weighted by molar-refractivity contribution is 9.11. The van der Waals surface area contributed by atoms with Gasteiger partial charge in [-0.1, -0.05) is 0 Å². The number of nitrogens with one attached hydrogen (secondary N) is 1. The van der Waals surface area contributed by atoms with E-state index in [0.717, 1.165) is 17.4 Å². The molecule has 1 aromatic heterocycles. The Labute approximate surface area is 92.9 Å². The summed E-state index contributed by atoms with van der Waals surface area (Å²) in [6.07, 6.45) is 0. The zero-order valence-electron chi connectivity index (χ0n) is 6.94. The molecule has 2 N–H and O–H groups in total. The molecule has 0 saturated carbocycles. The fraction of sp³-hybridized carbons (Fsp3) is 0.167. The molecule has 0 saturated heterocycles. The molecule has 0 aliphatic heterocycles. The molecule has 0 amide bonds. The highest BCUT2D eigenvalue weighted by atomic mass is 79.9. The van der Waals surface area contributed by atoms with E-state index in [9.17, 15) is 13.2 Å². The molecular weight excluding hydrogens is 294 g/mol. The summed E-state index contributed by atoms with van der Waals surface area (Å²) in [7, 11) is -2.33. The SMILES string of the molecule is CNS(=O)(=O)c1cc(C(=O)O)sc1Br. The van der Waals surface area contributed by atoms with Gasteiger partial charge < -0.3 is 5.11 Å². The van der Waals surface area contributed by atoms with Crippen LogP contribution in [0, 0.1) is 0 Å². The summed E-state index contributed by atoms with van der Waals surface area (Å²) >= 11 is 3.86. The maximum absolute atomic E-state index is 11.3. The van der Waals surface area contributed by atoms with Crippen LogP contribution in [0.5, 0.6) is 0 Å². The molecule has 0 radical (unpaired) electrons. The second kappa shape index (κ2) is 3.97. The van der Waals surface area contributed by atoms with Gasteiger partial charge in [0.2, 0.25) is 10.0 Å². The molecule has 1 heterocycles. The summed E-state index contributed by atoms with van der Waals surface area (Å²) in [6.45, 7) is 0. The van der Waals surface area contributed by atoms with E-state index in [-0.39, 0.29) is 13.6 Å². The predicted octanol–water partition coefficient (Wildman–Crippen LogP) is 1.12. The first-order chi connectivity index (χ1) is 6.38. The van der Waals surface area contributed by atoms with E-state index in [0.29, 0.717) is 0 Å². The molecule has 78 valence electrons. The highest BCUT2D eigenvalue weighted by Crippen LogP contribution is 2.31. The second-order valence-electron chi connectivity index (χ2n) is 2.26. The van der Waals surface area contributed by atoms with Gasteiger partial charge in [0.1, 0.15) is 9.77 Å². The third-order valence-electron chi connectivity index (χ3n) is 1.42. The Morgan fingerprint density at radius 1 is 1.64 bits per heavy atom. The lowest BCUT2D eigenvalue weighted by Gasteiger charge is -1.97. The van der Waals surface area contributed by atoms with Crippen molar-refractivity contribution in [3.8, 4) is 0 Å². The average Bonchev–Trinajstić information content (AvgIpc) is 2.48. The van der Waals surface area contributed by atoms with Crippen molar-refractivity contribution in [2.45, 2.75) is 4.90 Å². The Kier molecular flexibility index (Phi) is 3.30. The summed E-state index contributed by atoms with van der Waals surface area (Å²) in [5.41, 5.74) is 0. The van der Waals surface area contributed by atoms with Gasteiger partial charge in [0.15, 0.2) is 0 Å². The Morgan fingerprint density at radius 3 is 2.57 bits per heavy atom. The monoisotopic (exact) mass is 299 g/mol. The normalized spacial score (nSPS) is 11.6. The van der Waals surface area contributed by atoms with Crippen LogP contribution in [0.3, 0.4) is 0 Å². The van der Waals surface area contributed by atoms with Crippen LogP contribution in [0.2, 0.25) is 0 Å². The van der Waals surface area contributed by atoms with Gasteiger partial charge in [-0.25, -0.2) is 17.9 Å². The van der Waals surface area contributed by atoms with Gasteiger partial charge in [-0.2, -0.15) is 0 Å². The van der Waals surface area contributed by atoms with Crippen LogP contribution in [-0.4, -0.2) is 26.5 Å². The van der Waals surface area contributed by atoms with Crippen molar-refractivity contribution < 1.29 is 18.3 Å². The van der Waals surface area contributed by atoms with E-state index in [2.05, 4.69) is 20.7 Å². The summed E-state index contributed by atoms with van der Waals surface area (Å²) in [6, 6.07) is 1.11. The molecule has 0 spiro atoms. The van der Waals surface area contributed by atoms with Gasteiger partial charge in [0.25, 0.3) is 0 Å². The zero-order chi connectivity index (χ0) is 10.9. The van der Waals surface area contributed by atoms with Crippen molar-refractivity contribution in [2.24, 2.45) is 0 Å². The van der Waals surface area contributed by atoms with E-state index in [1.54, 1.807) is 0 Å². The van der Waals surface area contributed by atoms with Crippen LogP contribution < -0.4 is 4.72 Å². The standard InChI is InChI=1S/C6H6BrNO4S2/c1-8-14(11,12)4-2-3(6(9)10)13-5(4)7/h2,8H,1H3,(H,9,10). The number of sulfonamides is 1. The molecule has 0 fully saturated rings. The predicted molar refractivity (Wildman–Crippen MR) is 55.2 cm³/mol. The third-order valence-corrected chi connectivity index (χ3v) is 5.08. The first kappa shape index (κ1) is 11.6. The van der Waals surface area contributed by atoms with Gasteiger partial charge in [0, 0.05) is 0 Å². The highest BCUT2D eigenvalue weighted by Gasteiger charge is 2.21. The van der Waals surface area contributed by atoms with Gasteiger partial charge >= 0.3 is 5.97 Å². The fourth-order valence-corrected chi connectivity index (χ4v) is 3.88. The molecule has 0 bridgehead atoms. The number of carboxylic acid groups (broad SMARTS) is 1. The third kappa shape index (κ3) is 2.14. The quantitative estimate of drug-likeness (QED) is 0.876. The molecule has 0 aliphatic rings. The van der Waals surface area contributed by atoms with Gasteiger partial charge in [0.05, 0.1) is 3.79 Å². The molecule has 0 unspecified atom stereocenters. The Hall–Kier alpha value is -0.440. The summed E-state index contributed by atoms with van der Waals surface area (Å²) in [5, 5.41) is 8.64. The Balaban J connectivity index is 3.31. The number of hydrogen-bond acceptors (Lipinski definition) is 4. The average molecular weight is 300 g/mol. The van der Waals surface area contributed by atoms with Gasteiger partial charge in [-0.3, -0.25) is 0 Å². The van der Waals surface area contributed by atoms with Crippen LogP contribution in [0.4, 0.5) is 0 Å². The van der Waals surface area contributed by atoms with Crippen molar-refractivity contribution in [2.75, 3.05) is 7.05 Å². The zero-order valence-corrected chi connectivity index (χ0v) is 10.2. The first-order valence-electron chi connectivity index (χ1n) is 3.34. The molecule has 1 rings (SSSR count). The van der Waals surface area contributed by atoms with Crippen molar-refractivity contribution in [1.29, 1.82) is 0 Å². The van der Waals surface area contributed by atoms with Crippen molar-refractivity contribution in [3.63, 3.8) is 0 Å². The van der Waals surface area contributed by atoms with Crippen LogP contribution in [0.1, 0.15) is 9.67 Å². The minimum Gasteiger partial charge on any atom is -0.477 e. The molecule has 5 nitrogen and oxygen atoms in total. The molecule has 0 aliphatic carbocycles. The van der Waals surface area contributed by atoms with E-state index < -0.39 is 16.0 Å². The van der Waals surface area contributed by atoms with Crippen molar-refractivity contribution >= 4 is 43.3 Å². The van der Waals surface area contributed by atoms with E-state index >= 15 is 0 Å². The molecule has 0 aromatic carbocycles. The first-order valence-corrected chi connectivity index (χ1v) is 6.44. The fourth-order valence-electron chi connectivity index (χ4n) is 0.751. The maximum Gasteiger partial charge on any atom is 0.345 e. The maximum atomic E-state index is 11.3. The van der Waals surface area contributed by atoms with Crippen LogP contribution in [-0.2, 0) is 10.0 Å². The Morgan fingerprint density at radius 2 is 2.21 bits per heavy atom. The number of thiophene rings is 1. The topological polar surface area (TPSA) is 83.5 Å². The molecule has 1 aromatic rings. The van der Waals surface area contributed by atoms with Gasteiger partial charge in [-0.15, -0.1) is 11.3 Å². The van der Waals surface area contributed by atoms with Gasteiger partial charge in [-0.05, 0) is 29.0 Å². The second-order valence-corrected chi connectivity index (χ2v) is 6.49. The summed E-state index contributed by atoms with van der Waals surface area (Å²) in [5.74, 6) is -1.15. The minimum atomic E-state index is -3.59.